The fourth-order valence-electron chi connectivity index (χ4n) is 16.8. The van der Waals surface area contributed by atoms with Crippen LogP contribution in [0.25, 0.3) is 0 Å². The highest BCUT2D eigenvalue weighted by molar-refractivity contribution is 7.93. The predicted octanol–water partition coefficient (Wildman–Crippen LogP) is 4.98. The van der Waals surface area contributed by atoms with Crippen LogP contribution in [-0.2, 0) is 53.2 Å². The molecule has 6 aliphatic carbocycles. The molecule has 0 spiro atoms. The number of likely N-dealkylation sites (tertiary alicyclic amines) is 2. The smallest absolute Gasteiger partial charge is 0.315 e. The molecule has 13 atom stereocenters. The predicted molar refractivity (Wildman–Crippen MR) is 355 cm³/mol. The van der Waals surface area contributed by atoms with Gasteiger partial charge in [-0.3, -0.25) is 33.6 Å². The quantitative estimate of drug-likeness (QED) is 0.0576. The van der Waals surface area contributed by atoms with Crippen LogP contribution in [-0.4, -0.2) is 186 Å². The van der Waals surface area contributed by atoms with Gasteiger partial charge in [-0.2, -0.15) is 0 Å². The summed E-state index contributed by atoms with van der Waals surface area (Å²) in [7, 11) is -6.56. The summed E-state index contributed by atoms with van der Waals surface area (Å²) in [6.45, 7) is 24.1. The van der Waals surface area contributed by atoms with Crippen molar-refractivity contribution < 1.29 is 65.1 Å². The molecule has 4 heterocycles. The number of nitrogens with one attached hydrogen (secondary N) is 8. The molecule has 9 N–H and O–H groups in total. The Balaban J connectivity index is 0.000000221. The molecule has 0 radical (unpaired) electrons. The second-order valence-electron chi connectivity index (χ2n) is 33.1. The van der Waals surface area contributed by atoms with Crippen LogP contribution >= 0.6 is 0 Å². The number of aliphatic hydroxyl groups is 1. The highest BCUT2D eigenvalue weighted by atomic mass is 32.2. The van der Waals surface area contributed by atoms with Gasteiger partial charge in [0.05, 0.1) is 45.2 Å². The van der Waals surface area contributed by atoms with E-state index in [0.29, 0.717) is 77.3 Å². The number of piperidine rings is 2. The van der Waals surface area contributed by atoms with E-state index in [-0.39, 0.29) is 64.0 Å². The lowest BCUT2D eigenvalue weighted by atomic mass is 9.78. The van der Waals surface area contributed by atoms with Crippen molar-refractivity contribution >= 4 is 73.0 Å². The van der Waals surface area contributed by atoms with Crippen molar-refractivity contribution in [3.8, 4) is 0 Å². The third kappa shape index (κ3) is 15.6. The fraction of sp³-hybridized carbons (Fsp3) is 0.868. The minimum absolute atomic E-state index is 0.00934. The maximum atomic E-state index is 14.4. The van der Waals surface area contributed by atoms with E-state index in [1.807, 2.05) is 55.4 Å². The molecule has 26 heteroatoms. The Labute approximate surface area is 558 Å². The number of aliphatic hydroxyl groups excluding tert-OH is 1. The summed E-state index contributed by atoms with van der Waals surface area (Å²) in [5, 5.41) is 33.0. The molecule has 4 aliphatic heterocycles. The van der Waals surface area contributed by atoms with E-state index in [0.717, 1.165) is 77.0 Å². The lowest BCUT2D eigenvalue weighted by Crippen LogP contribution is -2.67. The number of fused-ring (bicyclic) bond motifs is 2. The van der Waals surface area contributed by atoms with Gasteiger partial charge < -0.3 is 57.4 Å². The molecule has 1 unspecified atom stereocenters. The SMILES string of the molecule is CCCC[C@H](NC(=O)[C@@H]1[C@@H]2[C@H](CN1C(=O)[C@@H](NC(=O)NC1([C@@H]3CCS3(=O)=O)CCCCC1)C(C)(C)C)C2(C)C)C(=O)C(=O)NC1CC1.CCCC[C@H](NC(=O)[C@@H]1[C@@H]2[C@H](CN1C(=O)[C@@H](NC(=O)NC1([C@@H]3CCS3(=O)=O)CCCCC1)C(C)(C)C)C2(C)C)C(O)C(=O)NC1CC1. The van der Waals surface area contributed by atoms with Crippen LogP contribution in [0.1, 0.15) is 224 Å². The van der Waals surface area contributed by atoms with E-state index in [1.54, 1.807) is 9.80 Å². The maximum Gasteiger partial charge on any atom is 0.315 e. The normalized spacial score (nSPS) is 30.1. The van der Waals surface area contributed by atoms with Gasteiger partial charge in [-0.15, -0.1) is 0 Å². The van der Waals surface area contributed by atoms with Crippen LogP contribution in [0.4, 0.5) is 9.59 Å². The molecule has 10 fully saturated rings. The molecule has 6 saturated carbocycles. The van der Waals surface area contributed by atoms with Gasteiger partial charge in [0.2, 0.25) is 29.4 Å². The van der Waals surface area contributed by atoms with Gasteiger partial charge in [-0.1, -0.05) is 147 Å². The zero-order valence-electron chi connectivity index (χ0n) is 58.0. The average Bonchev–Trinajstić information content (AvgIpc) is 1.52. The number of nitrogens with zero attached hydrogens (tertiary/aromatic N) is 2. The minimum atomic E-state index is -3.28. The second-order valence-corrected chi connectivity index (χ2v) is 37.7. The summed E-state index contributed by atoms with van der Waals surface area (Å²) in [4.78, 5) is 126. The van der Waals surface area contributed by atoms with Gasteiger partial charge in [0.25, 0.3) is 11.8 Å². The minimum Gasteiger partial charge on any atom is -0.381 e. The van der Waals surface area contributed by atoms with Gasteiger partial charge in [-0.05, 0) is 122 Å². The van der Waals surface area contributed by atoms with Crippen LogP contribution in [0.5, 0.6) is 0 Å². The highest BCUT2D eigenvalue weighted by Gasteiger charge is 2.71. The van der Waals surface area contributed by atoms with Gasteiger partial charge >= 0.3 is 12.1 Å². The van der Waals surface area contributed by atoms with E-state index in [1.165, 1.54) is 0 Å². The Bertz CT molecular complexity index is 3120. The van der Waals surface area contributed by atoms with Gasteiger partial charge in [0.1, 0.15) is 24.2 Å². The lowest BCUT2D eigenvalue weighted by Gasteiger charge is -2.47. The van der Waals surface area contributed by atoms with Gasteiger partial charge in [0.15, 0.2) is 25.8 Å². The Morgan fingerprint density at radius 3 is 1.29 bits per heavy atom. The zero-order valence-corrected chi connectivity index (χ0v) is 59.6. The van der Waals surface area contributed by atoms with Gasteiger partial charge in [-0.25, -0.2) is 26.4 Å². The summed E-state index contributed by atoms with van der Waals surface area (Å²) in [5.74, 6) is -3.27. The first-order chi connectivity index (χ1) is 43.9. The first kappa shape index (κ1) is 73.1. The van der Waals surface area contributed by atoms with E-state index in [2.05, 4.69) is 70.2 Å². The molecule has 94 heavy (non-hydrogen) atoms. The Kier molecular flexibility index (Phi) is 21.5. The number of rotatable bonds is 24. The molecular weight excluding hydrogens is 1240 g/mol. The summed E-state index contributed by atoms with van der Waals surface area (Å²) in [5.41, 5.74) is -3.52. The van der Waals surface area contributed by atoms with Crippen LogP contribution < -0.4 is 42.5 Å². The summed E-state index contributed by atoms with van der Waals surface area (Å²) in [6.07, 6.45) is 14.3. The lowest BCUT2D eigenvalue weighted by molar-refractivity contribution is -0.145. The molecule has 10 aliphatic rings. The zero-order chi connectivity index (χ0) is 69.1. The Hall–Kier alpha value is -5.11. The van der Waals surface area contributed by atoms with Gasteiger partial charge in [0, 0.05) is 25.2 Å². The Morgan fingerprint density at radius 2 is 0.926 bits per heavy atom. The number of hydrogen-bond acceptors (Lipinski definition) is 14. The van der Waals surface area contributed by atoms with Crippen molar-refractivity contribution in [1.82, 2.24) is 52.3 Å². The molecule has 530 valence electrons. The number of hydrogen-bond donors (Lipinski definition) is 9. The van der Waals surface area contributed by atoms with Crippen molar-refractivity contribution in [2.45, 2.75) is 300 Å². The number of unbranched alkanes of at least 4 members (excludes halogenated alkanes) is 2. The standard InChI is InChI=1S/C34H57N5O7S.C34H55N5O7S/c2*1-7-8-12-22(26(40)29(42)35-20-13-14-20)36-28(41)25-24-21(33(24,5)6)19-39(25)30(43)27(32(2,3)4)37-31(44)38-34(16-10-9-11-17-34)23-15-18-47(23,45)46/h20-27,40H,7-19H2,1-6H3,(H,35,42)(H,36,41)(H2,37,38,44);20-25,27H,7-19H2,1-6H3,(H,35,42)(H,36,41)(H2,37,38,44)/t21-,22-,23-,24-,25-,26?,27+;21-,22-,23-,24-,25-,27+/m00/s1. The molecule has 24 nitrogen and oxygen atoms in total. The van der Waals surface area contributed by atoms with Crippen molar-refractivity contribution in [3.63, 3.8) is 0 Å². The summed E-state index contributed by atoms with van der Waals surface area (Å²) < 4.78 is 50.8. The molecule has 0 aromatic rings. The third-order valence-electron chi connectivity index (χ3n) is 23.3. The molecule has 0 aromatic heterocycles. The molecule has 4 saturated heterocycles. The number of urea groups is 2. The van der Waals surface area contributed by atoms with Crippen molar-refractivity contribution in [1.29, 1.82) is 0 Å². The summed E-state index contributed by atoms with van der Waals surface area (Å²) >= 11 is 0. The number of carbonyl (C=O) groups excluding carboxylic acids is 9. The van der Waals surface area contributed by atoms with Crippen LogP contribution in [0.3, 0.4) is 0 Å². The largest absolute Gasteiger partial charge is 0.381 e. The number of Topliss-reactive ketones (excluding diaryl/α,β-unsaturated/α-hetero) is 1. The average molecular weight is 1360 g/mol. The van der Waals surface area contributed by atoms with Crippen LogP contribution in [0.15, 0.2) is 0 Å². The first-order valence-electron chi connectivity index (χ1n) is 35.5. The van der Waals surface area contributed by atoms with E-state index >= 15 is 0 Å². The number of sulfone groups is 2. The van der Waals surface area contributed by atoms with E-state index in [4.69, 9.17) is 0 Å². The molecule has 0 aromatic carbocycles. The summed E-state index contributed by atoms with van der Waals surface area (Å²) in [6, 6.07) is -6.52. The third-order valence-corrected chi connectivity index (χ3v) is 28.0. The molecular formula is C68H112N10O14S2. The second kappa shape index (κ2) is 27.7. The Morgan fingerprint density at radius 1 is 0.532 bits per heavy atom. The monoisotopic (exact) mass is 1360 g/mol. The van der Waals surface area contributed by atoms with Crippen LogP contribution in [0, 0.1) is 45.3 Å². The first-order valence-corrected chi connectivity index (χ1v) is 38.9. The number of ketones is 1. The molecule has 10 rings (SSSR count). The highest BCUT2D eigenvalue weighted by Crippen LogP contribution is 2.66. The van der Waals surface area contributed by atoms with Crippen molar-refractivity contribution in [2.75, 3.05) is 24.6 Å². The van der Waals surface area contributed by atoms with E-state index < -0.39 is 142 Å². The molecule has 10 amide bonds. The van der Waals surface area contributed by atoms with E-state index in [9.17, 15) is 65.1 Å². The maximum absolute atomic E-state index is 14.4. The van der Waals surface area contributed by atoms with Crippen molar-refractivity contribution in [2.24, 2.45) is 45.3 Å². The van der Waals surface area contributed by atoms with Crippen LogP contribution in [0.2, 0.25) is 0 Å². The fourth-order valence-corrected chi connectivity index (χ4v) is 20.5. The topological polar surface area (TPSA) is 345 Å². The number of amides is 10. The molecule has 0 bridgehead atoms. The van der Waals surface area contributed by atoms with Crippen molar-refractivity contribution in [3.05, 3.63) is 0 Å². The number of carbonyl (C=O) groups is 9.